The van der Waals surface area contributed by atoms with Crippen molar-refractivity contribution in [2.75, 3.05) is 0 Å². The first-order chi connectivity index (χ1) is 17.1. The Morgan fingerprint density at radius 1 is 0.600 bits per heavy atom. The number of benzene rings is 1. The molecule has 0 fully saturated rings. The van der Waals surface area contributed by atoms with Crippen LogP contribution in [0.4, 0.5) is 0 Å². The SMILES string of the molecule is CCCCCCCCCC(=O)Oc1ccc(-c2ncc(OC(=O)CCCCCCCC)cn2)cc1. The van der Waals surface area contributed by atoms with E-state index in [0.29, 0.717) is 30.2 Å². The number of hydrogen-bond acceptors (Lipinski definition) is 6. The van der Waals surface area contributed by atoms with Gasteiger partial charge in [0.05, 0.1) is 12.4 Å². The molecule has 0 saturated heterocycles. The van der Waals surface area contributed by atoms with Gasteiger partial charge < -0.3 is 9.47 Å². The molecule has 6 heteroatoms. The summed E-state index contributed by atoms with van der Waals surface area (Å²) in [7, 11) is 0. The Hall–Kier alpha value is -2.76. The van der Waals surface area contributed by atoms with E-state index in [1.807, 2.05) is 12.1 Å². The van der Waals surface area contributed by atoms with Crippen molar-refractivity contribution in [1.82, 2.24) is 9.97 Å². The van der Waals surface area contributed by atoms with Crippen molar-refractivity contribution >= 4 is 11.9 Å². The highest BCUT2D eigenvalue weighted by atomic mass is 16.5. The molecule has 1 heterocycles. The molecule has 0 N–H and O–H groups in total. The zero-order chi connectivity index (χ0) is 25.1. The predicted octanol–water partition coefficient (Wildman–Crippen LogP) is 7.85. The number of hydrogen-bond donors (Lipinski definition) is 0. The van der Waals surface area contributed by atoms with Crippen LogP contribution in [0.1, 0.15) is 110 Å². The van der Waals surface area contributed by atoms with Crippen LogP contribution in [0.2, 0.25) is 0 Å². The Morgan fingerprint density at radius 2 is 1.03 bits per heavy atom. The summed E-state index contributed by atoms with van der Waals surface area (Å²) in [5, 5.41) is 0. The third-order valence-electron chi connectivity index (χ3n) is 5.92. The van der Waals surface area contributed by atoms with Gasteiger partial charge in [-0.25, -0.2) is 9.97 Å². The molecule has 0 aliphatic heterocycles. The first-order valence-corrected chi connectivity index (χ1v) is 13.5. The monoisotopic (exact) mass is 482 g/mol. The second-order valence-electron chi connectivity index (χ2n) is 9.10. The van der Waals surface area contributed by atoms with Crippen molar-refractivity contribution in [2.24, 2.45) is 0 Å². The molecule has 0 bridgehead atoms. The van der Waals surface area contributed by atoms with E-state index >= 15 is 0 Å². The molecule has 0 saturated carbocycles. The fourth-order valence-corrected chi connectivity index (χ4v) is 3.83. The molecule has 6 nitrogen and oxygen atoms in total. The maximum absolute atomic E-state index is 12.1. The van der Waals surface area contributed by atoms with Gasteiger partial charge in [-0.2, -0.15) is 0 Å². The van der Waals surface area contributed by atoms with E-state index in [4.69, 9.17) is 9.47 Å². The van der Waals surface area contributed by atoms with Crippen LogP contribution in [0.15, 0.2) is 36.7 Å². The summed E-state index contributed by atoms with van der Waals surface area (Å²) in [6.07, 6.45) is 18.8. The molecular formula is C29H42N2O4. The Morgan fingerprint density at radius 3 is 1.51 bits per heavy atom. The van der Waals surface area contributed by atoms with Gasteiger partial charge in [0.1, 0.15) is 5.75 Å². The molecule has 1 aromatic heterocycles. The summed E-state index contributed by atoms with van der Waals surface area (Å²) in [6.45, 7) is 4.40. The van der Waals surface area contributed by atoms with Gasteiger partial charge in [0.25, 0.3) is 0 Å². The highest BCUT2D eigenvalue weighted by molar-refractivity contribution is 5.73. The van der Waals surface area contributed by atoms with Gasteiger partial charge in [-0.15, -0.1) is 0 Å². The number of carbonyl (C=O) groups is 2. The molecule has 0 unspecified atom stereocenters. The number of esters is 2. The van der Waals surface area contributed by atoms with Crippen LogP contribution in [0.5, 0.6) is 11.5 Å². The highest BCUT2D eigenvalue weighted by Crippen LogP contribution is 2.21. The summed E-state index contributed by atoms with van der Waals surface area (Å²) >= 11 is 0. The van der Waals surface area contributed by atoms with Gasteiger partial charge >= 0.3 is 11.9 Å². The third-order valence-corrected chi connectivity index (χ3v) is 5.92. The van der Waals surface area contributed by atoms with Crippen LogP contribution in [0, 0.1) is 0 Å². The number of unbranched alkanes of at least 4 members (excludes halogenated alkanes) is 11. The first kappa shape index (κ1) is 28.5. The molecule has 35 heavy (non-hydrogen) atoms. The van der Waals surface area contributed by atoms with Crippen molar-refractivity contribution < 1.29 is 19.1 Å². The molecule has 0 aliphatic carbocycles. The molecular weight excluding hydrogens is 440 g/mol. The second-order valence-corrected chi connectivity index (χ2v) is 9.10. The van der Waals surface area contributed by atoms with Crippen LogP contribution in [0.25, 0.3) is 11.4 Å². The molecule has 0 atom stereocenters. The normalized spacial score (nSPS) is 10.8. The molecule has 192 valence electrons. The second kappa shape index (κ2) is 17.6. The van der Waals surface area contributed by atoms with E-state index in [1.54, 1.807) is 12.1 Å². The van der Waals surface area contributed by atoms with Gasteiger partial charge in [-0.05, 0) is 37.1 Å². The van der Waals surface area contributed by atoms with Crippen LogP contribution in [-0.2, 0) is 9.59 Å². The van der Waals surface area contributed by atoms with E-state index in [9.17, 15) is 9.59 Å². The first-order valence-electron chi connectivity index (χ1n) is 13.5. The number of rotatable bonds is 18. The minimum absolute atomic E-state index is 0.199. The minimum Gasteiger partial charge on any atom is -0.427 e. The van der Waals surface area contributed by atoms with Gasteiger partial charge in [0.15, 0.2) is 11.6 Å². The van der Waals surface area contributed by atoms with Gasteiger partial charge in [0, 0.05) is 18.4 Å². The van der Waals surface area contributed by atoms with Gasteiger partial charge in [-0.1, -0.05) is 84.5 Å². The molecule has 0 amide bonds. The largest absolute Gasteiger partial charge is 0.427 e. The van der Waals surface area contributed by atoms with Crippen molar-refractivity contribution in [3.8, 4) is 22.9 Å². The van der Waals surface area contributed by atoms with E-state index in [1.165, 1.54) is 63.8 Å². The topological polar surface area (TPSA) is 78.4 Å². The Kier molecular flexibility index (Phi) is 14.4. The van der Waals surface area contributed by atoms with E-state index in [2.05, 4.69) is 23.8 Å². The summed E-state index contributed by atoms with van der Waals surface area (Å²) in [5.41, 5.74) is 0.793. The highest BCUT2D eigenvalue weighted by Gasteiger charge is 2.09. The Balaban J connectivity index is 1.69. The molecule has 0 radical (unpaired) electrons. The van der Waals surface area contributed by atoms with Gasteiger partial charge in [0.2, 0.25) is 0 Å². The fourth-order valence-electron chi connectivity index (χ4n) is 3.83. The minimum atomic E-state index is -0.250. The maximum Gasteiger partial charge on any atom is 0.311 e. The third kappa shape index (κ3) is 12.5. The van der Waals surface area contributed by atoms with Crippen molar-refractivity contribution in [3.63, 3.8) is 0 Å². The Bertz CT molecular complexity index is 850. The lowest BCUT2D eigenvalue weighted by Gasteiger charge is -2.07. The average molecular weight is 483 g/mol. The van der Waals surface area contributed by atoms with E-state index in [0.717, 1.165) is 37.7 Å². The van der Waals surface area contributed by atoms with Gasteiger partial charge in [-0.3, -0.25) is 9.59 Å². The smallest absolute Gasteiger partial charge is 0.311 e. The average Bonchev–Trinajstić information content (AvgIpc) is 2.86. The molecule has 2 aromatic rings. The van der Waals surface area contributed by atoms with Crippen LogP contribution < -0.4 is 9.47 Å². The van der Waals surface area contributed by atoms with E-state index in [-0.39, 0.29) is 11.9 Å². The predicted molar refractivity (Wildman–Crippen MR) is 139 cm³/mol. The van der Waals surface area contributed by atoms with Crippen LogP contribution in [-0.4, -0.2) is 21.9 Å². The van der Waals surface area contributed by atoms with E-state index < -0.39 is 0 Å². The van der Waals surface area contributed by atoms with Crippen molar-refractivity contribution in [3.05, 3.63) is 36.7 Å². The van der Waals surface area contributed by atoms with Crippen molar-refractivity contribution in [1.29, 1.82) is 0 Å². The molecule has 0 aliphatic rings. The summed E-state index contributed by atoms with van der Waals surface area (Å²) in [6, 6.07) is 7.12. The van der Waals surface area contributed by atoms with Crippen molar-refractivity contribution in [2.45, 2.75) is 110 Å². The lowest BCUT2D eigenvalue weighted by Crippen LogP contribution is -2.08. The molecule has 1 aromatic carbocycles. The van der Waals surface area contributed by atoms with Crippen LogP contribution >= 0.6 is 0 Å². The molecule has 2 rings (SSSR count). The quantitative estimate of drug-likeness (QED) is 0.122. The number of aromatic nitrogens is 2. The number of carbonyl (C=O) groups excluding carboxylic acids is 2. The lowest BCUT2D eigenvalue weighted by molar-refractivity contribution is -0.135. The Labute approximate surface area is 210 Å². The number of ether oxygens (including phenoxy) is 2. The van der Waals surface area contributed by atoms with Crippen LogP contribution in [0.3, 0.4) is 0 Å². The summed E-state index contributed by atoms with van der Waals surface area (Å²) < 4.78 is 10.8. The maximum atomic E-state index is 12.1. The zero-order valence-corrected chi connectivity index (χ0v) is 21.6. The number of nitrogens with zero attached hydrogens (tertiary/aromatic N) is 2. The lowest BCUT2D eigenvalue weighted by atomic mass is 10.1. The summed E-state index contributed by atoms with van der Waals surface area (Å²) in [4.78, 5) is 32.7. The zero-order valence-electron chi connectivity index (χ0n) is 21.6. The summed E-state index contributed by atoms with van der Waals surface area (Å²) in [5.74, 6) is 0.929. The standard InChI is InChI=1S/C29H42N2O4/c1-3-5-7-9-11-13-15-16-27(32)34-25-20-18-24(19-21-25)29-30-22-26(23-31-29)35-28(33)17-14-12-10-8-6-4-2/h18-23H,3-17H2,1-2H3. The molecule has 0 spiro atoms. The fraction of sp³-hybridized carbons (Fsp3) is 0.586.